The molecule has 0 heterocycles. The maximum Gasteiger partial charge on any atom is 0.185 e. The lowest BCUT2D eigenvalue weighted by atomic mass is 10.2. The standard InChI is InChI=1S/C9H10BrFO2/c1-12-9(13-2)7-5-6(10)3-4-8(7)11/h3-5,9H,1-2H3. The van der Waals surface area contributed by atoms with E-state index in [0.717, 1.165) is 4.47 Å². The molecule has 1 aromatic carbocycles. The zero-order chi connectivity index (χ0) is 9.84. The van der Waals surface area contributed by atoms with E-state index in [0.29, 0.717) is 5.56 Å². The summed E-state index contributed by atoms with van der Waals surface area (Å²) < 4.78 is 23.9. The molecule has 0 radical (unpaired) electrons. The van der Waals surface area contributed by atoms with Gasteiger partial charge in [-0.1, -0.05) is 15.9 Å². The summed E-state index contributed by atoms with van der Waals surface area (Å²) in [5.74, 6) is -0.336. The maximum atomic E-state index is 13.2. The Morgan fingerprint density at radius 3 is 2.46 bits per heavy atom. The second kappa shape index (κ2) is 4.69. The van der Waals surface area contributed by atoms with Gasteiger partial charge in [0.25, 0.3) is 0 Å². The quantitative estimate of drug-likeness (QED) is 0.767. The van der Waals surface area contributed by atoms with E-state index in [-0.39, 0.29) is 5.82 Å². The number of rotatable bonds is 3. The molecule has 0 aliphatic carbocycles. The first-order chi connectivity index (χ1) is 6.19. The molecule has 13 heavy (non-hydrogen) atoms. The van der Waals surface area contributed by atoms with E-state index < -0.39 is 6.29 Å². The molecule has 2 nitrogen and oxygen atoms in total. The first-order valence-electron chi connectivity index (χ1n) is 3.69. The van der Waals surface area contributed by atoms with E-state index in [1.54, 1.807) is 12.1 Å². The average molecular weight is 249 g/mol. The van der Waals surface area contributed by atoms with Gasteiger partial charge in [-0.2, -0.15) is 0 Å². The molecule has 72 valence electrons. The maximum absolute atomic E-state index is 13.2. The van der Waals surface area contributed by atoms with E-state index >= 15 is 0 Å². The van der Waals surface area contributed by atoms with Crippen molar-refractivity contribution in [2.75, 3.05) is 14.2 Å². The zero-order valence-electron chi connectivity index (χ0n) is 7.38. The molecule has 0 aromatic heterocycles. The monoisotopic (exact) mass is 248 g/mol. The van der Waals surface area contributed by atoms with Crippen molar-refractivity contribution in [3.63, 3.8) is 0 Å². The van der Waals surface area contributed by atoms with Gasteiger partial charge in [0.05, 0.1) is 0 Å². The molecule has 1 rings (SSSR count). The van der Waals surface area contributed by atoms with Crippen LogP contribution in [0.4, 0.5) is 4.39 Å². The summed E-state index contributed by atoms with van der Waals surface area (Å²) in [7, 11) is 2.93. The van der Waals surface area contributed by atoms with Gasteiger partial charge in [0.15, 0.2) is 6.29 Å². The SMILES string of the molecule is COC(OC)c1cc(Br)ccc1F. The highest BCUT2D eigenvalue weighted by atomic mass is 79.9. The van der Waals surface area contributed by atoms with E-state index in [2.05, 4.69) is 15.9 Å². The number of methoxy groups -OCH3 is 2. The van der Waals surface area contributed by atoms with E-state index in [1.165, 1.54) is 20.3 Å². The lowest BCUT2D eigenvalue weighted by Gasteiger charge is -2.14. The number of halogens is 2. The van der Waals surface area contributed by atoms with Crippen LogP contribution in [0.5, 0.6) is 0 Å². The molecule has 0 unspecified atom stereocenters. The highest BCUT2D eigenvalue weighted by Gasteiger charge is 2.14. The fourth-order valence-electron chi connectivity index (χ4n) is 1.05. The van der Waals surface area contributed by atoms with Crippen LogP contribution in [0.25, 0.3) is 0 Å². The van der Waals surface area contributed by atoms with Gasteiger partial charge in [0.1, 0.15) is 5.82 Å². The summed E-state index contributed by atoms with van der Waals surface area (Å²) in [4.78, 5) is 0. The first-order valence-corrected chi connectivity index (χ1v) is 4.49. The topological polar surface area (TPSA) is 18.5 Å². The highest BCUT2D eigenvalue weighted by molar-refractivity contribution is 9.10. The minimum absolute atomic E-state index is 0.336. The molecule has 0 aliphatic rings. The zero-order valence-corrected chi connectivity index (χ0v) is 8.97. The lowest BCUT2D eigenvalue weighted by Crippen LogP contribution is -2.05. The Labute approximate surface area is 84.8 Å². The first kappa shape index (κ1) is 10.6. The molecule has 0 saturated heterocycles. The van der Waals surface area contributed by atoms with E-state index in [4.69, 9.17) is 9.47 Å². The Morgan fingerprint density at radius 1 is 1.31 bits per heavy atom. The highest BCUT2D eigenvalue weighted by Crippen LogP contribution is 2.24. The fraction of sp³-hybridized carbons (Fsp3) is 0.333. The van der Waals surface area contributed by atoms with Crippen LogP contribution in [0, 0.1) is 5.82 Å². The molecular formula is C9H10BrFO2. The van der Waals surface area contributed by atoms with Crippen molar-refractivity contribution in [2.45, 2.75) is 6.29 Å². The van der Waals surface area contributed by atoms with E-state index in [1.807, 2.05) is 0 Å². The molecule has 0 amide bonds. The molecular weight excluding hydrogens is 239 g/mol. The minimum Gasteiger partial charge on any atom is -0.352 e. The Morgan fingerprint density at radius 2 is 1.92 bits per heavy atom. The molecule has 0 N–H and O–H groups in total. The van der Waals surface area contributed by atoms with Crippen LogP contribution in [-0.2, 0) is 9.47 Å². The summed E-state index contributed by atoms with van der Waals surface area (Å²) >= 11 is 3.25. The fourth-order valence-corrected chi connectivity index (χ4v) is 1.42. The van der Waals surface area contributed by atoms with Crippen LogP contribution in [-0.4, -0.2) is 14.2 Å². The number of hydrogen-bond acceptors (Lipinski definition) is 2. The third-order valence-electron chi connectivity index (χ3n) is 1.64. The van der Waals surface area contributed by atoms with Gasteiger partial charge in [-0.25, -0.2) is 4.39 Å². The van der Waals surface area contributed by atoms with Crippen LogP contribution in [0.3, 0.4) is 0 Å². The van der Waals surface area contributed by atoms with Crippen LogP contribution in [0.2, 0.25) is 0 Å². The van der Waals surface area contributed by atoms with Crippen LogP contribution in [0.15, 0.2) is 22.7 Å². The van der Waals surface area contributed by atoms with Crippen molar-refractivity contribution in [3.05, 3.63) is 34.1 Å². The Hall–Kier alpha value is -0.450. The van der Waals surface area contributed by atoms with Crippen LogP contribution < -0.4 is 0 Å². The summed E-state index contributed by atoms with van der Waals surface area (Å²) in [5, 5.41) is 0. The molecule has 1 aromatic rings. The Kier molecular flexibility index (Phi) is 3.84. The predicted octanol–water partition coefficient (Wildman–Crippen LogP) is 2.88. The minimum atomic E-state index is -0.655. The third-order valence-corrected chi connectivity index (χ3v) is 2.13. The van der Waals surface area contributed by atoms with Gasteiger partial charge >= 0.3 is 0 Å². The normalized spacial score (nSPS) is 10.8. The molecule has 0 atom stereocenters. The smallest absolute Gasteiger partial charge is 0.185 e. The van der Waals surface area contributed by atoms with Crippen molar-refractivity contribution in [2.24, 2.45) is 0 Å². The molecule has 0 fully saturated rings. The van der Waals surface area contributed by atoms with Gasteiger partial charge < -0.3 is 9.47 Å². The molecule has 0 aliphatic heterocycles. The van der Waals surface area contributed by atoms with Gasteiger partial charge in [-0.05, 0) is 18.2 Å². The van der Waals surface area contributed by atoms with Gasteiger partial charge in [-0.3, -0.25) is 0 Å². The summed E-state index contributed by atoms with van der Waals surface area (Å²) in [6.45, 7) is 0. The second-order valence-corrected chi connectivity index (χ2v) is 3.38. The second-order valence-electron chi connectivity index (χ2n) is 2.47. The van der Waals surface area contributed by atoms with Gasteiger partial charge in [0, 0.05) is 24.3 Å². The van der Waals surface area contributed by atoms with Crippen molar-refractivity contribution in [3.8, 4) is 0 Å². The Bertz CT molecular complexity index is 287. The molecule has 0 spiro atoms. The van der Waals surface area contributed by atoms with E-state index in [9.17, 15) is 4.39 Å². The van der Waals surface area contributed by atoms with Crippen molar-refractivity contribution >= 4 is 15.9 Å². The predicted molar refractivity (Wildman–Crippen MR) is 50.9 cm³/mol. The number of ether oxygens (including phenoxy) is 2. The molecule has 0 saturated carbocycles. The van der Waals surface area contributed by atoms with Crippen molar-refractivity contribution in [1.29, 1.82) is 0 Å². The number of hydrogen-bond donors (Lipinski definition) is 0. The van der Waals surface area contributed by atoms with Crippen LogP contribution in [0.1, 0.15) is 11.9 Å². The summed E-state index contributed by atoms with van der Waals surface area (Å²) in [5.41, 5.74) is 0.388. The summed E-state index contributed by atoms with van der Waals surface area (Å²) in [6.07, 6.45) is -0.655. The molecule has 4 heteroatoms. The average Bonchev–Trinajstić information content (AvgIpc) is 2.13. The van der Waals surface area contributed by atoms with Crippen LogP contribution >= 0.6 is 15.9 Å². The molecule has 0 bridgehead atoms. The third kappa shape index (κ3) is 2.49. The summed E-state index contributed by atoms with van der Waals surface area (Å²) in [6, 6.07) is 4.62. The number of benzene rings is 1. The van der Waals surface area contributed by atoms with Gasteiger partial charge in [-0.15, -0.1) is 0 Å². The van der Waals surface area contributed by atoms with Crippen molar-refractivity contribution in [1.82, 2.24) is 0 Å². The Balaban J connectivity index is 3.03. The lowest BCUT2D eigenvalue weighted by molar-refractivity contribution is -0.107. The van der Waals surface area contributed by atoms with Crippen molar-refractivity contribution < 1.29 is 13.9 Å². The van der Waals surface area contributed by atoms with Gasteiger partial charge in [0.2, 0.25) is 0 Å². The largest absolute Gasteiger partial charge is 0.352 e.